The molecule has 6 nitrogen and oxygen atoms in total. The second-order valence-corrected chi connectivity index (χ2v) is 7.20. The third kappa shape index (κ3) is 4.32. The summed E-state index contributed by atoms with van der Waals surface area (Å²) in [5.41, 5.74) is 1.20. The number of aromatic carboxylic acids is 1. The number of benzene rings is 1. The van der Waals surface area contributed by atoms with Crippen molar-refractivity contribution in [3.63, 3.8) is 0 Å². The van der Waals surface area contributed by atoms with E-state index in [-0.39, 0.29) is 29.1 Å². The van der Waals surface area contributed by atoms with Gasteiger partial charge in [0.2, 0.25) is 5.91 Å². The van der Waals surface area contributed by atoms with Crippen LogP contribution in [0.15, 0.2) is 23.6 Å². The van der Waals surface area contributed by atoms with E-state index in [1.54, 1.807) is 0 Å². The number of hydrogen-bond acceptors (Lipinski definition) is 5. The monoisotopic (exact) mass is 348 g/mol. The molecule has 128 valence electrons. The number of methoxy groups -OCH3 is 1. The number of anilines is 1. The molecule has 2 aromatic rings. The van der Waals surface area contributed by atoms with Gasteiger partial charge in [-0.05, 0) is 12.1 Å². The van der Waals surface area contributed by atoms with Gasteiger partial charge in [0.05, 0.1) is 24.2 Å². The Morgan fingerprint density at radius 1 is 1.33 bits per heavy atom. The average molecular weight is 348 g/mol. The van der Waals surface area contributed by atoms with Crippen molar-refractivity contribution in [3.8, 4) is 5.75 Å². The molecule has 0 unspecified atom stereocenters. The zero-order valence-electron chi connectivity index (χ0n) is 14.0. The summed E-state index contributed by atoms with van der Waals surface area (Å²) in [4.78, 5) is 27.7. The van der Waals surface area contributed by atoms with Crippen molar-refractivity contribution in [2.45, 2.75) is 32.6 Å². The van der Waals surface area contributed by atoms with E-state index in [4.69, 9.17) is 9.84 Å². The molecule has 0 saturated carbocycles. The van der Waals surface area contributed by atoms with Gasteiger partial charge in [-0.1, -0.05) is 20.8 Å². The molecule has 1 amide bonds. The number of hydrogen-bond donors (Lipinski definition) is 2. The average Bonchev–Trinajstić information content (AvgIpc) is 2.95. The number of aromatic nitrogens is 1. The summed E-state index contributed by atoms with van der Waals surface area (Å²) in [6, 6.07) is 4.42. The molecule has 0 aliphatic carbocycles. The molecule has 0 radical (unpaired) electrons. The van der Waals surface area contributed by atoms with E-state index < -0.39 is 5.97 Å². The van der Waals surface area contributed by atoms with E-state index >= 15 is 0 Å². The number of rotatable bonds is 5. The lowest BCUT2D eigenvalue weighted by Crippen LogP contribution is -2.16. The highest BCUT2D eigenvalue weighted by Crippen LogP contribution is 2.26. The highest BCUT2D eigenvalue weighted by Gasteiger charge is 2.19. The fourth-order valence-corrected chi connectivity index (χ4v) is 2.96. The number of ether oxygens (including phenoxy) is 1. The highest BCUT2D eigenvalue weighted by atomic mass is 32.1. The Bertz CT molecular complexity index is 762. The summed E-state index contributed by atoms with van der Waals surface area (Å²) in [6.07, 6.45) is 0.162. The van der Waals surface area contributed by atoms with Crippen LogP contribution in [-0.2, 0) is 16.6 Å². The highest BCUT2D eigenvalue weighted by molar-refractivity contribution is 7.09. The third-order valence-electron chi connectivity index (χ3n) is 3.25. The molecule has 0 aliphatic heterocycles. The molecule has 2 rings (SSSR count). The van der Waals surface area contributed by atoms with Gasteiger partial charge in [0, 0.05) is 22.5 Å². The Morgan fingerprint density at radius 3 is 2.58 bits per heavy atom. The number of nitrogens with zero attached hydrogens (tertiary/aromatic N) is 1. The van der Waals surface area contributed by atoms with Gasteiger partial charge in [-0.15, -0.1) is 11.3 Å². The molecular weight excluding hydrogens is 328 g/mol. The van der Waals surface area contributed by atoms with Gasteiger partial charge in [-0.3, -0.25) is 4.79 Å². The van der Waals surface area contributed by atoms with Crippen molar-refractivity contribution in [1.29, 1.82) is 0 Å². The summed E-state index contributed by atoms with van der Waals surface area (Å²) < 4.78 is 5.05. The topological polar surface area (TPSA) is 88.5 Å². The predicted octanol–water partition coefficient (Wildman–Crippen LogP) is 3.33. The van der Waals surface area contributed by atoms with Gasteiger partial charge in [0.15, 0.2) is 0 Å². The van der Waals surface area contributed by atoms with Crippen LogP contribution in [0.25, 0.3) is 0 Å². The number of thiazole rings is 1. The molecule has 24 heavy (non-hydrogen) atoms. The predicted molar refractivity (Wildman–Crippen MR) is 93.1 cm³/mol. The van der Waals surface area contributed by atoms with Crippen LogP contribution in [0, 0.1) is 0 Å². The molecule has 0 aliphatic rings. The van der Waals surface area contributed by atoms with Crippen LogP contribution in [0.4, 0.5) is 5.69 Å². The molecule has 1 heterocycles. The minimum absolute atomic E-state index is 0.0422. The van der Waals surface area contributed by atoms with Crippen LogP contribution in [0.5, 0.6) is 5.75 Å². The molecular formula is C17H20N2O4S. The standard InChI is InChI=1S/C17H20N2O4S/c1-17(2,3)16-19-11(9-24-16)8-14(20)18-10-5-6-12(15(21)22)13(7-10)23-4/h5-7,9H,8H2,1-4H3,(H,18,20)(H,21,22). The number of carbonyl (C=O) groups is 2. The first-order valence-corrected chi connectivity index (χ1v) is 8.24. The van der Waals surface area contributed by atoms with Crippen LogP contribution in [0.3, 0.4) is 0 Å². The Hall–Kier alpha value is -2.41. The second-order valence-electron chi connectivity index (χ2n) is 6.34. The maximum atomic E-state index is 12.2. The largest absolute Gasteiger partial charge is 0.496 e. The Kier molecular flexibility index (Phi) is 5.23. The molecule has 1 aromatic heterocycles. The van der Waals surface area contributed by atoms with Crippen LogP contribution < -0.4 is 10.1 Å². The first-order valence-electron chi connectivity index (χ1n) is 7.37. The lowest BCUT2D eigenvalue weighted by molar-refractivity contribution is -0.115. The first-order chi connectivity index (χ1) is 11.2. The van der Waals surface area contributed by atoms with E-state index in [1.807, 2.05) is 5.38 Å². The number of nitrogens with one attached hydrogen (secondary N) is 1. The van der Waals surface area contributed by atoms with Crippen molar-refractivity contribution < 1.29 is 19.4 Å². The summed E-state index contributed by atoms with van der Waals surface area (Å²) in [6.45, 7) is 6.23. The zero-order chi connectivity index (χ0) is 17.9. The molecule has 0 atom stereocenters. The van der Waals surface area contributed by atoms with Crippen molar-refractivity contribution in [2.75, 3.05) is 12.4 Å². The molecule has 0 bridgehead atoms. The van der Waals surface area contributed by atoms with Gasteiger partial charge in [0.1, 0.15) is 11.3 Å². The Labute approximate surface area is 144 Å². The lowest BCUT2D eigenvalue weighted by Gasteiger charge is -2.13. The molecule has 0 spiro atoms. The number of carbonyl (C=O) groups excluding carboxylic acids is 1. The van der Waals surface area contributed by atoms with Gasteiger partial charge in [-0.25, -0.2) is 9.78 Å². The summed E-state index contributed by atoms with van der Waals surface area (Å²) in [5.74, 6) is -1.10. The van der Waals surface area contributed by atoms with Crippen LogP contribution >= 0.6 is 11.3 Å². The second kappa shape index (κ2) is 7.00. The third-order valence-corrected chi connectivity index (χ3v) is 4.57. The van der Waals surface area contributed by atoms with Crippen LogP contribution in [-0.4, -0.2) is 29.1 Å². The van der Waals surface area contributed by atoms with Gasteiger partial charge < -0.3 is 15.2 Å². The van der Waals surface area contributed by atoms with Crippen LogP contribution in [0.1, 0.15) is 41.8 Å². The maximum absolute atomic E-state index is 12.2. The normalized spacial score (nSPS) is 11.2. The first kappa shape index (κ1) is 17.9. The van der Waals surface area contributed by atoms with Crippen molar-refractivity contribution in [1.82, 2.24) is 4.98 Å². The SMILES string of the molecule is COc1cc(NC(=O)Cc2csc(C(C)(C)C)n2)ccc1C(=O)O. The van der Waals surface area contributed by atoms with E-state index in [1.165, 1.54) is 36.6 Å². The van der Waals surface area contributed by atoms with Crippen molar-refractivity contribution >= 4 is 28.9 Å². The summed E-state index contributed by atoms with van der Waals surface area (Å²) in [7, 11) is 1.39. The molecule has 0 fully saturated rings. The van der Waals surface area contributed by atoms with Gasteiger partial charge in [-0.2, -0.15) is 0 Å². The van der Waals surface area contributed by atoms with Gasteiger partial charge in [0.25, 0.3) is 0 Å². The van der Waals surface area contributed by atoms with E-state index in [2.05, 4.69) is 31.1 Å². The van der Waals surface area contributed by atoms with E-state index in [0.29, 0.717) is 5.69 Å². The quantitative estimate of drug-likeness (QED) is 0.865. The van der Waals surface area contributed by atoms with Gasteiger partial charge >= 0.3 is 5.97 Å². The minimum Gasteiger partial charge on any atom is -0.496 e. The molecule has 1 aromatic carbocycles. The Balaban J connectivity index is 2.07. The molecule has 2 N–H and O–H groups in total. The van der Waals surface area contributed by atoms with Crippen molar-refractivity contribution in [3.05, 3.63) is 39.8 Å². The summed E-state index contributed by atoms with van der Waals surface area (Å²) >= 11 is 1.54. The number of carboxylic acid groups (broad SMARTS) is 1. The van der Waals surface area contributed by atoms with Crippen molar-refractivity contribution in [2.24, 2.45) is 0 Å². The zero-order valence-corrected chi connectivity index (χ0v) is 14.9. The lowest BCUT2D eigenvalue weighted by atomic mass is 9.98. The maximum Gasteiger partial charge on any atom is 0.339 e. The molecule has 7 heteroatoms. The minimum atomic E-state index is -1.08. The van der Waals surface area contributed by atoms with E-state index in [0.717, 1.165) is 10.7 Å². The number of amides is 1. The molecule has 0 saturated heterocycles. The van der Waals surface area contributed by atoms with E-state index in [9.17, 15) is 9.59 Å². The number of carboxylic acids is 1. The fourth-order valence-electron chi connectivity index (χ4n) is 2.05. The fraction of sp³-hybridized carbons (Fsp3) is 0.353. The van der Waals surface area contributed by atoms with Crippen LogP contribution in [0.2, 0.25) is 0 Å². The summed E-state index contributed by atoms with van der Waals surface area (Å²) in [5, 5.41) is 14.7. The smallest absolute Gasteiger partial charge is 0.339 e. The Morgan fingerprint density at radius 2 is 2.04 bits per heavy atom.